The lowest BCUT2D eigenvalue weighted by atomic mass is 9.89. The number of nitrogens with one attached hydrogen (secondary N) is 1. The van der Waals surface area contributed by atoms with Crippen LogP contribution < -0.4 is 5.32 Å². The van der Waals surface area contributed by atoms with Gasteiger partial charge in [-0.1, -0.05) is 0 Å². The Morgan fingerprint density at radius 1 is 1.47 bits per heavy atom. The maximum Gasteiger partial charge on any atom is 0.141 e. The van der Waals surface area contributed by atoms with Gasteiger partial charge in [0.15, 0.2) is 0 Å². The lowest BCUT2D eigenvalue weighted by Gasteiger charge is -2.32. The average molecular weight is 238 g/mol. The van der Waals surface area contributed by atoms with Crippen LogP contribution in [0, 0.1) is 6.92 Å². The smallest absolute Gasteiger partial charge is 0.141 e. The quantitative estimate of drug-likeness (QED) is 0.602. The molecule has 1 aromatic rings. The summed E-state index contributed by atoms with van der Waals surface area (Å²) in [7, 11) is 0. The zero-order valence-corrected chi connectivity index (χ0v) is 9.85. The molecule has 1 aliphatic carbocycles. The second-order valence-electron chi connectivity index (χ2n) is 4.56. The molecule has 0 saturated heterocycles. The van der Waals surface area contributed by atoms with Gasteiger partial charge in [0.1, 0.15) is 5.75 Å². The Morgan fingerprint density at radius 2 is 2.18 bits per heavy atom. The highest BCUT2D eigenvalue weighted by molar-refractivity contribution is 5.40. The van der Waals surface area contributed by atoms with E-state index in [0.29, 0.717) is 29.4 Å². The standard InChI is InChI=1S/C12H18N2O3/c1-7-12(17)11(8(6-15)4-13-7)5-14-9-2-10(16)3-9/h4,9-10,14-17H,2-3,5-6H2,1H3. The first-order chi connectivity index (χ1) is 8.11. The number of pyridine rings is 1. The van der Waals surface area contributed by atoms with Crippen LogP contribution >= 0.6 is 0 Å². The highest BCUT2D eigenvalue weighted by Crippen LogP contribution is 2.25. The molecule has 0 aliphatic heterocycles. The fourth-order valence-corrected chi connectivity index (χ4v) is 2.02. The summed E-state index contributed by atoms with van der Waals surface area (Å²) in [5.41, 5.74) is 1.90. The molecule has 0 atom stereocenters. The number of rotatable bonds is 4. The monoisotopic (exact) mass is 238 g/mol. The van der Waals surface area contributed by atoms with E-state index in [1.165, 1.54) is 0 Å². The van der Waals surface area contributed by atoms with E-state index >= 15 is 0 Å². The largest absolute Gasteiger partial charge is 0.506 e. The van der Waals surface area contributed by atoms with Crippen molar-refractivity contribution >= 4 is 0 Å². The van der Waals surface area contributed by atoms with E-state index in [1.807, 2.05) is 0 Å². The number of aryl methyl sites for hydroxylation is 1. The summed E-state index contributed by atoms with van der Waals surface area (Å²) >= 11 is 0. The Bertz CT molecular complexity index is 403. The van der Waals surface area contributed by atoms with Gasteiger partial charge in [-0.3, -0.25) is 4.98 Å². The molecule has 0 spiro atoms. The van der Waals surface area contributed by atoms with Crippen LogP contribution in [0.1, 0.15) is 29.7 Å². The first kappa shape index (κ1) is 12.3. The third-order valence-corrected chi connectivity index (χ3v) is 3.28. The first-order valence-corrected chi connectivity index (χ1v) is 5.80. The Kier molecular flexibility index (Phi) is 3.61. The van der Waals surface area contributed by atoms with E-state index < -0.39 is 0 Å². The highest BCUT2D eigenvalue weighted by Gasteiger charge is 2.26. The minimum absolute atomic E-state index is 0.134. The predicted octanol–water partition coefficient (Wildman–Crippen LogP) is 0.201. The lowest BCUT2D eigenvalue weighted by molar-refractivity contribution is 0.0618. The van der Waals surface area contributed by atoms with Crippen molar-refractivity contribution in [2.75, 3.05) is 0 Å². The summed E-state index contributed by atoms with van der Waals surface area (Å²) in [5, 5.41) is 31.5. The van der Waals surface area contributed by atoms with Gasteiger partial charge in [-0.15, -0.1) is 0 Å². The Hall–Kier alpha value is -1.17. The summed E-state index contributed by atoms with van der Waals surface area (Å²) in [6, 6.07) is 0.296. The molecular weight excluding hydrogens is 220 g/mol. The number of hydrogen-bond acceptors (Lipinski definition) is 5. The molecule has 5 nitrogen and oxygen atoms in total. The van der Waals surface area contributed by atoms with Gasteiger partial charge in [-0.2, -0.15) is 0 Å². The van der Waals surface area contributed by atoms with Gasteiger partial charge in [0, 0.05) is 29.9 Å². The van der Waals surface area contributed by atoms with Crippen LogP contribution in [0.5, 0.6) is 5.75 Å². The highest BCUT2D eigenvalue weighted by atomic mass is 16.3. The second kappa shape index (κ2) is 5.00. The summed E-state index contributed by atoms with van der Waals surface area (Å²) in [5.74, 6) is 0.143. The van der Waals surface area contributed by atoms with Crippen molar-refractivity contribution in [2.45, 2.75) is 45.1 Å². The van der Waals surface area contributed by atoms with Crippen molar-refractivity contribution in [3.05, 3.63) is 23.0 Å². The van der Waals surface area contributed by atoms with E-state index in [9.17, 15) is 15.3 Å². The van der Waals surface area contributed by atoms with Gasteiger partial charge in [-0.25, -0.2) is 0 Å². The summed E-state index contributed by atoms with van der Waals surface area (Å²) in [4.78, 5) is 4.01. The molecule has 4 N–H and O–H groups in total. The van der Waals surface area contributed by atoms with Crippen LogP contribution in [-0.4, -0.2) is 32.4 Å². The predicted molar refractivity (Wildman–Crippen MR) is 62.4 cm³/mol. The van der Waals surface area contributed by atoms with Gasteiger partial charge < -0.3 is 20.6 Å². The number of aromatic nitrogens is 1. The molecule has 1 heterocycles. The summed E-state index contributed by atoms with van der Waals surface area (Å²) in [6.07, 6.45) is 2.89. The molecule has 2 rings (SSSR count). The SMILES string of the molecule is Cc1ncc(CO)c(CNC2CC(O)C2)c1O. The molecule has 1 aromatic heterocycles. The normalized spacial score (nSPS) is 23.5. The molecule has 17 heavy (non-hydrogen) atoms. The maximum absolute atomic E-state index is 9.90. The first-order valence-electron chi connectivity index (χ1n) is 5.80. The molecule has 1 saturated carbocycles. The number of hydrogen-bond donors (Lipinski definition) is 4. The molecule has 0 amide bonds. The van der Waals surface area contributed by atoms with E-state index in [4.69, 9.17) is 0 Å². The fraction of sp³-hybridized carbons (Fsp3) is 0.583. The van der Waals surface area contributed by atoms with E-state index in [-0.39, 0.29) is 18.5 Å². The number of nitrogens with zero attached hydrogens (tertiary/aromatic N) is 1. The molecule has 1 fully saturated rings. The van der Waals surface area contributed by atoms with Gasteiger partial charge in [0.05, 0.1) is 18.4 Å². The second-order valence-corrected chi connectivity index (χ2v) is 4.56. The molecule has 0 radical (unpaired) electrons. The van der Waals surface area contributed by atoms with Crippen LogP contribution in [0.3, 0.4) is 0 Å². The molecule has 94 valence electrons. The minimum atomic E-state index is -0.197. The van der Waals surface area contributed by atoms with E-state index in [2.05, 4.69) is 10.3 Å². The lowest BCUT2D eigenvalue weighted by Crippen LogP contribution is -2.43. The van der Waals surface area contributed by atoms with Crippen molar-refractivity contribution in [1.82, 2.24) is 10.3 Å². The van der Waals surface area contributed by atoms with Crippen molar-refractivity contribution in [3.8, 4) is 5.75 Å². The van der Waals surface area contributed by atoms with Gasteiger partial charge in [0.25, 0.3) is 0 Å². The van der Waals surface area contributed by atoms with Crippen molar-refractivity contribution < 1.29 is 15.3 Å². The van der Waals surface area contributed by atoms with Crippen LogP contribution in [0.4, 0.5) is 0 Å². The van der Waals surface area contributed by atoms with Gasteiger partial charge >= 0.3 is 0 Å². The summed E-state index contributed by atoms with van der Waals surface area (Å²) < 4.78 is 0. The van der Waals surface area contributed by atoms with Gasteiger partial charge in [0.2, 0.25) is 0 Å². The maximum atomic E-state index is 9.90. The molecule has 0 bridgehead atoms. The van der Waals surface area contributed by atoms with Crippen LogP contribution in [-0.2, 0) is 13.2 Å². The van der Waals surface area contributed by atoms with E-state index in [0.717, 1.165) is 12.8 Å². The van der Waals surface area contributed by atoms with Crippen molar-refractivity contribution in [2.24, 2.45) is 0 Å². The molecule has 0 aromatic carbocycles. The zero-order chi connectivity index (χ0) is 12.4. The topological polar surface area (TPSA) is 85.6 Å². The van der Waals surface area contributed by atoms with E-state index in [1.54, 1.807) is 13.1 Å². The van der Waals surface area contributed by atoms with Crippen LogP contribution in [0.25, 0.3) is 0 Å². The fourth-order valence-electron chi connectivity index (χ4n) is 2.02. The Morgan fingerprint density at radius 3 is 2.76 bits per heavy atom. The Balaban J connectivity index is 2.05. The zero-order valence-electron chi connectivity index (χ0n) is 9.85. The molecule has 5 heteroatoms. The van der Waals surface area contributed by atoms with Crippen LogP contribution in [0.2, 0.25) is 0 Å². The minimum Gasteiger partial charge on any atom is -0.506 e. The van der Waals surface area contributed by atoms with Crippen molar-refractivity contribution in [1.29, 1.82) is 0 Å². The Labute approximate surface area is 100 Å². The summed E-state index contributed by atoms with van der Waals surface area (Å²) in [6.45, 7) is 2.08. The number of aromatic hydroxyl groups is 1. The van der Waals surface area contributed by atoms with Gasteiger partial charge in [-0.05, 0) is 19.8 Å². The van der Waals surface area contributed by atoms with Crippen molar-refractivity contribution in [3.63, 3.8) is 0 Å². The number of aliphatic hydroxyl groups is 2. The molecule has 0 unspecified atom stereocenters. The molecule has 1 aliphatic rings. The average Bonchev–Trinajstić information content (AvgIpc) is 2.28. The third kappa shape index (κ3) is 2.57. The third-order valence-electron chi connectivity index (χ3n) is 3.28. The number of aliphatic hydroxyl groups excluding tert-OH is 2. The molecular formula is C12H18N2O3. The van der Waals surface area contributed by atoms with Crippen LogP contribution in [0.15, 0.2) is 6.20 Å².